The molecule has 0 aliphatic carbocycles. The average molecular weight is 233 g/mol. The first kappa shape index (κ1) is 12.6. The Morgan fingerprint density at radius 2 is 2.12 bits per heavy atom. The lowest BCUT2D eigenvalue weighted by Crippen LogP contribution is -2.02. The number of nitrogens with two attached hydrogens (primary N) is 1. The lowest BCUT2D eigenvalue weighted by Gasteiger charge is -2.01. The molecule has 17 heavy (non-hydrogen) atoms. The molecule has 0 unspecified atom stereocenters. The van der Waals surface area contributed by atoms with Crippen molar-refractivity contribution in [2.75, 3.05) is 12.8 Å². The molecule has 0 amide bonds. The number of esters is 1. The minimum absolute atomic E-state index is 0.262. The summed E-state index contributed by atoms with van der Waals surface area (Å²) in [7, 11) is 1.27. The number of hydrogen-bond donors (Lipinski definition) is 2. The fourth-order valence-electron chi connectivity index (χ4n) is 1.18. The maximum absolute atomic E-state index is 11.3. The van der Waals surface area contributed by atoms with Crippen LogP contribution in [0.25, 0.3) is 0 Å². The van der Waals surface area contributed by atoms with Gasteiger partial charge in [-0.15, -0.1) is 0 Å². The normalized spacial score (nSPS) is 9.00. The maximum atomic E-state index is 11.3. The van der Waals surface area contributed by atoms with Gasteiger partial charge in [0.2, 0.25) is 0 Å². The van der Waals surface area contributed by atoms with Gasteiger partial charge in [0.15, 0.2) is 0 Å². The van der Waals surface area contributed by atoms with E-state index in [9.17, 15) is 9.59 Å². The summed E-state index contributed by atoms with van der Waals surface area (Å²) in [5.41, 5.74) is 6.72. The van der Waals surface area contributed by atoms with Gasteiger partial charge in [0.05, 0.1) is 12.7 Å². The second kappa shape index (κ2) is 5.56. The van der Waals surface area contributed by atoms with E-state index in [0.29, 0.717) is 11.3 Å². The van der Waals surface area contributed by atoms with Crippen LogP contribution in [0, 0.1) is 11.8 Å². The highest BCUT2D eigenvalue weighted by Crippen LogP contribution is 2.12. The molecule has 0 fully saturated rings. The molecule has 0 saturated carbocycles. The predicted molar refractivity (Wildman–Crippen MR) is 61.3 cm³/mol. The summed E-state index contributed by atoms with van der Waals surface area (Å²) < 4.78 is 4.55. The van der Waals surface area contributed by atoms with Crippen molar-refractivity contribution in [2.45, 2.75) is 6.42 Å². The largest absolute Gasteiger partial charge is 0.481 e. The van der Waals surface area contributed by atoms with Crippen molar-refractivity contribution in [2.24, 2.45) is 0 Å². The van der Waals surface area contributed by atoms with Crippen LogP contribution < -0.4 is 5.73 Å². The molecule has 0 radical (unpaired) electrons. The molecule has 1 rings (SSSR count). The number of nitrogen functional groups attached to an aromatic ring is 1. The molecular formula is C12H11NO4. The molecular weight excluding hydrogens is 222 g/mol. The molecule has 0 aliphatic heterocycles. The molecule has 1 aromatic carbocycles. The smallest absolute Gasteiger partial charge is 0.337 e. The molecule has 0 aromatic heterocycles. The van der Waals surface area contributed by atoms with E-state index in [-0.39, 0.29) is 12.0 Å². The van der Waals surface area contributed by atoms with Gasteiger partial charge < -0.3 is 15.6 Å². The van der Waals surface area contributed by atoms with Crippen molar-refractivity contribution < 1.29 is 19.4 Å². The molecule has 0 spiro atoms. The van der Waals surface area contributed by atoms with Crippen LogP contribution in [0.15, 0.2) is 18.2 Å². The van der Waals surface area contributed by atoms with Gasteiger partial charge in [-0.05, 0) is 18.2 Å². The minimum atomic E-state index is -1.01. The molecule has 5 nitrogen and oxygen atoms in total. The van der Waals surface area contributed by atoms with Gasteiger partial charge in [0.25, 0.3) is 0 Å². The molecule has 0 atom stereocenters. The van der Waals surface area contributed by atoms with Crippen molar-refractivity contribution >= 4 is 17.6 Å². The van der Waals surface area contributed by atoms with Crippen molar-refractivity contribution in [3.63, 3.8) is 0 Å². The summed E-state index contributed by atoms with van der Waals surface area (Å²) >= 11 is 0. The molecule has 1 aromatic rings. The summed E-state index contributed by atoms with van der Waals surface area (Å²) in [5, 5.41) is 8.43. The van der Waals surface area contributed by atoms with Crippen LogP contribution >= 0.6 is 0 Å². The fraction of sp³-hybridized carbons (Fsp3) is 0.167. The second-order valence-corrected chi connectivity index (χ2v) is 3.21. The van der Waals surface area contributed by atoms with Gasteiger partial charge in [-0.1, -0.05) is 11.8 Å². The van der Waals surface area contributed by atoms with Crippen LogP contribution in [0.2, 0.25) is 0 Å². The van der Waals surface area contributed by atoms with E-state index >= 15 is 0 Å². The Bertz CT molecular complexity index is 511. The first-order valence-electron chi connectivity index (χ1n) is 4.72. The van der Waals surface area contributed by atoms with Crippen molar-refractivity contribution in [3.05, 3.63) is 29.3 Å². The third-order valence-electron chi connectivity index (χ3n) is 1.85. The first-order chi connectivity index (χ1) is 8.02. The number of ether oxygens (including phenoxy) is 1. The van der Waals surface area contributed by atoms with Crippen LogP contribution in [-0.2, 0) is 9.53 Å². The monoisotopic (exact) mass is 233 g/mol. The van der Waals surface area contributed by atoms with Crippen molar-refractivity contribution in [3.8, 4) is 11.8 Å². The highest BCUT2D eigenvalue weighted by molar-refractivity contribution is 5.91. The Labute approximate surface area is 98.2 Å². The van der Waals surface area contributed by atoms with Crippen molar-refractivity contribution in [1.29, 1.82) is 0 Å². The lowest BCUT2D eigenvalue weighted by atomic mass is 10.1. The van der Waals surface area contributed by atoms with Crippen LogP contribution in [-0.4, -0.2) is 24.2 Å². The van der Waals surface area contributed by atoms with Crippen LogP contribution in [0.1, 0.15) is 22.3 Å². The van der Waals surface area contributed by atoms with E-state index in [1.54, 1.807) is 6.07 Å². The number of anilines is 1. The molecule has 5 heteroatoms. The van der Waals surface area contributed by atoms with E-state index in [0.717, 1.165) is 0 Å². The number of carbonyl (C=O) groups is 2. The number of carboxylic acid groups (broad SMARTS) is 1. The highest BCUT2D eigenvalue weighted by atomic mass is 16.5. The third kappa shape index (κ3) is 3.87. The van der Waals surface area contributed by atoms with Crippen LogP contribution in [0.3, 0.4) is 0 Å². The Hall–Kier alpha value is -2.48. The summed E-state index contributed by atoms with van der Waals surface area (Å²) in [6.07, 6.45) is -0.262. The Morgan fingerprint density at radius 1 is 1.41 bits per heavy atom. The molecule has 0 saturated heterocycles. The summed E-state index contributed by atoms with van der Waals surface area (Å²) in [6.45, 7) is 0. The summed E-state index contributed by atoms with van der Waals surface area (Å²) in [5.74, 6) is 3.55. The molecule has 0 heterocycles. The first-order valence-corrected chi connectivity index (χ1v) is 4.72. The SMILES string of the molecule is COC(=O)c1cc(N)cc(C#CCC(=O)O)c1. The fourth-order valence-corrected chi connectivity index (χ4v) is 1.18. The Morgan fingerprint density at radius 3 is 2.71 bits per heavy atom. The zero-order valence-corrected chi connectivity index (χ0v) is 9.19. The van der Waals surface area contributed by atoms with Gasteiger partial charge in [-0.25, -0.2) is 4.79 Å². The standard InChI is InChI=1S/C12H11NO4/c1-17-12(16)9-5-8(6-10(13)7-9)3-2-4-11(14)15/h5-7H,4,13H2,1H3,(H,14,15). The highest BCUT2D eigenvalue weighted by Gasteiger charge is 2.06. The number of hydrogen-bond acceptors (Lipinski definition) is 4. The maximum Gasteiger partial charge on any atom is 0.337 e. The van der Waals surface area contributed by atoms with E-state index in [2.05, 4.69) is 16.6 Å². The van der Waals surface area contributed by atoms with E-state index in [4.69, 9.17) is 10.8 Å². The quantitative estimate of drug-likeness (QED) is 0.449. The zero-order valence-electron chi connectivity index (χ0n) is 9.19. The van der Waals surface area contributed by atoms with E-state index in [1.165, 1.54) is 19.2 Å². The van der Waals surface area contributed by atoms with Crippen molar-refractivity contribution in [1.82, 2.24) is 0 Å². The van der Waals surface area contributed by atoms with E-state index < -0.39 is 11.9 Å². The third-order valence-corrected chi connectivity index (χ3v) is 1.85. The average Bonchev–Trinajstić information content (AvgIpc) is 2.26. The summed E-state index contributed by atoms with van der Waals surface area (Å²) in [4.78, 5) is 21.6. The van der Waals surface area contributed by atoms with Crippen LogP contribution in [0.4, 0.5) is 5.69 Å². The van der Waals surface area contributed by atoms with Gasteiger partial charge in [-0.3, -0.25) is 4.79 Å². The number of aliphatic carboxylic acids is 1. The second-order valence-electron chi connectivity index (χ2n) is 3.21. The number of carboxylic acids is 1. The number of rotatable bonds is 2. The molecule has 3 N–H and O–H groups in total. The zero-order chi connectivity index (χ0) is 12.8. The Kier molecular flexibility index (Phi) is 4.12. The molecule has 0 aliphatic rings. The topological polar surface area (TPSA) is 89.6 Å². The van der Waals surface area contributed by atoms with Crippen LogP contribution in [0.5, 0.6) is 0 Å². The van der Waals surface area contributed by atoms with Gasteiger partial charge in [-0.2, -0.15) is 0 Å². The van der Waals surface area contributed by atoms with Gasteiger partial charge >= 0.3 is 11.9 Å². The van der Waals surface area contributed by atoms with Gasteiger partial charge in [0, 0.05) is 11.3 Å². The van der Waals surface area contributed by atoms with Gasteiger partial charge in [0.1, 0.15) is 6.42 Å². The lowest BCUT2D eigenvalue weighted by molar-refractivity contribution is -0.135. The van der Waals surface area contributed by atoms with E-state index in [1.807, 2.05) is 0 Å². The Balaban J connectivity index is 3.00. The number of carbonyl (C=O) groups excluding carboxylic acids is 1. The number of methoxy groups -OCH3 is 1. The number of benzene rings is 1. The molecule has 88 valence electrons. The minimum Gasteiger partial charge on any atom is -0.481 e. The summed E-state index contributed by atoms with van der Waals surface area (Å²) in [6, 6.07) is 4.52. The predicted octanol–water partition coefficient (Wildman–Crippen LogP) is 0.882. The molecule has 0 bridgehead atoms.